The Balaban J connectivity index is 2.48. The standard InChI is InChI=1S/C12H15F3N2O3/c1-20-7-9(18)4-5-16-11(19)8-2-3-10(17-6-8)12(13,14)15/h2-3,6,9,18H,4-5,7H2,1H3,(H,16,19). The Morgan fingerprint density at radius 1 is 1.50 bits per heavy atom. The molecule has 0 bridgehead atoms. The molecule has 0 fully saturated rings. The number of alkyl halides is 3. The van der Waals surface area contributed by atoms with Crippen LogP contribution < -0.4 is 5.32 Å². The van der Waals surface area contributed by atoms with E-state index in [0.29, 0.717) is 0 Å². The van der Waals surface area contributed by atoms with E-state index in [2.05, 4.69) is 10.3 Å². The van der Waals surface area contributed by atoms with Gasteiger partial charge in [0.1, 0.15) is 5.69 Å². The number of aromatic nitrogens is 1. The number of halogens is 3. The maximum absolute atomic E-state index is 12.3. The zero-order valence-corrected chi connectivity index (χ0v) is 10.8. The first-order valence-corrected chi connectivity index (χ1v) is 5.83. The van der Waals surface area contributed by atoms with E-state index >= 15 is 0 Å². The summed E-state index contributed by atoms with van der Waals surface area (Å²) in [5.74, 6) is -0.546. The van der Waals surface area contributed by atoms with Crippen molar-refractivity contribution < 1.29 is 27.8 Å². The Labute approximate surface area is 113 Å². The van der Waals surface area contributed by atoms with Gasteiger partial charge >= 0.3 is 6.18 Å². The zero-order valence-electron chi connectivity index (χ0n) is 10.8. The van der Waals surface area contributed by atoms with Gasteiger partial charge in [0.05, 0.1) is 18.3 Å². The Hall–Kier alpha value is -1.67. The second-order valence-electron chi connectivity index (χ2n) is 4.08. The second kappa shape index (κ2) is 7.20. The number of aliphatic hydroxyl groups excluding tert-OH is 1. The van der Waals surface area contributed by atoms with Crippen LogP contribution in [0.3, 0.4) is 0 Å². The van der Waals surface area contributed by atoms with Crippen molar-refractivity contribution in [1.82, 2.24) is 10.3 Å². The van der Waals surface area contributed by atoms with Crippen LogP contribution in [0.5, 0.6) is 0 Å². The van der Waals surface area contributed by atoms with Gasteiger partial charge in [0.25, 0.3) is 5.91 Å². The molecule has 0 saturated carbocycles. The Morgan fingerprint density at radius 3 is 2.70 bits per heavy atom. The average molecular weight is 292 g/mol. The first-order valence-electron chi connectivity index (χ1n) is 5.83. The lowest BCUT2D eigenvalue weighted by Crippen LogP contribution is -2.28. The van der Waals surface area contributed by atoms with E-state index in [0.717, 1.165) is 18.3 Å². The van der Waals surface area contributed by atoms with E-state index in [1.165, 1.54) is 7.11 Å². The topological polar surface area (TPSA) is 71.5 Å². The van der Waals surface area contributed by atoms with Gasteiger partial charge in [-0.1, -0.05) is 0 Å². The van der Waals surface area contributed by atoms with Gasteiger partial charge in [0, 0.05) is 19.9 Å². The highest BCUT2D eigenvalue weighted by Crippen LogP contribution is 2.27. The Kier molecular flexibility index (Phi) is 5.90. The van der Waals surface area contributed by atoms with Crippen molar-refractivity contribution >= 4 is 5.91 Å². The normalized spacial score (nSPS) is 13.1. The van der Waals surface area contributed by atoms with Crippen LogP contribution in [0.15, 0.2) is 18.3 Å². The average Bonchev–Trinajstić information content (AvgIpc) is 2.38. The second-order valence-corrected chi connectivity index (χ2v) is 4.08. The fourth-order valence-corrected chi connectivity index (χ4v) is 1.43. The molecule has 0 spiro atoms. The summed E-state index contributed by atoms with van der Waals surface area (Å²) < 4.78 is 41.6. The number of methoxy groups -OCH3 is 1. The van der Waals surface area contributed by atoms with Crippen LogP contribution in [-0.2, 0) is 10.9 Å². The minimum atomic E-state index is -4.53. The van der Waals surface area contributed by atoms with Gasteiger partial charge in [-0.2, -0.15) is 13.2 Å². The minimum absolute atomic E-state index is 0.0271. The largest absolute Gasteiger partial charge is 0.433 e. The van der Waals surface area contributed by atoms with Crippen LogP contribution in [0.25, 0.3) is 0 Å². The van der Waals surface area contributed by atoms with Crippen molar-refractivity contribution in [2.45, 2.75) is 18.7 Å². The highest BCUT2D eigenvalue weighted by atomic mass is 19.4. The molecule has 1 amide bonds. The van der Waals surface area contributed by atoms with Crippen LogP contribution >= 0.6 is 0 Å². The third-order valence-corrected chi connectivity index (χ3v) is 2.44. The molecule has 0 saturated heterocycles. The number of hydrogen-bond donors (Lipinski definition) is 2. The van der Waals surface area contributed by atoms with E-state index in [4.69, 9.17) is 4.74 Å². The number of carbonyl (C=O) groups is 1. The number of nitrogens with one attached hydrogen (secondary N) is 1. The molecule has 8 heteroatoms. The summed E-state index contributed by atoms with van der Waals surface area (Å²) in [6.07, 6.45) is -4.08. The molecular weight excluding hydrogens is 277 g/mol. The van der Waals surface area contributed by atoms with Crippen LogP contribution in [0.4, 0.5) is 13.2 Å². The lowest BCUT2D eigenvalue weighted by molar-refractivity contribution is -0.141. The molecule has 20 heavy (non-hydrogen) atoms. The number of carbonyl (C=O) groups excluding carboxylic acids is 1. The molecule has 1 atom stereocenters. The molecule has 2 N–H and O–H groups in total. The van der Waals surface area contributed by atoms with E-state index in [1.54, 1.807) is 0 Å². The third kappa shape index (κ3) is 5.14. The van der Waals surface area contributed by atoms with Crippen LogP contribution in [0, 0.1) is 0 Å². The van der Waals surface area contributed by atoms with E-state index < -0.39 is 23.9 Å². The molecule has 0 aliphatic rings. The van der Waals surface area contributed by atoms with E-state index in [9.17, 15) is 23.1 Å². The number of pyridine rings is 1. The maximum Gasteiger partial charge on any atom is 0.433 e. The molecule has 112 valence electrons. The van der Waals surface area contributed by atoms with Gasteiger partial charge in [0.2, 0.25) is 0 Å². The van der Waals surface area contributed by atoms with Gasteiger partial charge in [0.15, 0.2) is 0 Å². The first-order chi connectivity index (χ1) is 9.34. The molecule has 0 aromatic carbocycles. The van der Waals surface area contributed by atoms with Crippen molar-refractivity contribution in [1.29, 1.82) is 0 Å². The Bertz CT molecular complexity index is 435. The molecule has 1 rings (SSSR count). The van der Waals surface area contributed by atoms with E-state index in [-0.39, 0.29) is 25.1 Å². The summed E-state index contributed by atoms with van der Waals surface area (Å²) in [5.41, 5.74) is -1.02. The predicted molar refractivity (Wildman–Crippen MR) is 64.1 cm³/mol. The molecule has 0 radical (unpaired) electrons. The Morgan fingerprint density at radius 2 is 2.20 bits per heavy atom. The number of amides is 1. The summed E-state index contributed by atoms with van der Waals surface area (Å²) in [7, 11) is 1.44. The summed E-state index contributed by atoms with van der Waals surface area (Å²) in [4.78, 5) is 14.8. The van der Waals surface area contributed by atoms with Crippen LogP contribution in [-0.4, -0.2) is 42.4 Å². The van der Waals surface area contributed by atoms with Crippen molar-refractivity contribution in [2.24, 2.45) is 0 Å². The van der Waals surface area contributed by atoms with Crippen molar-refractivity contribution in [3.05, 3.63) is 29.6 Å². The van der Waals surface area contributed by atoms with Crippen molar-refractivity contribution in [2.75, 3.05) is 20.3 Å². The fourth-order valence-electron chi connectivity index (χ4n) is 1.43. The molecule has 0 aliphatic heterocycles. The molecule has 1 heterocycles. The highest BCUT2D eigenvalue weighted by molar-refractivity contribution is 5.93. The highest BCUT2D eigenvalue weighted by Gasteiger charge is 2.32. The van der Waals surface area contributed by atoms with Crippen molar-refractivity contribution in [3.63, 3.8) is 0 Å². The fraction of sp³-hybridized carbons (Fsp3) is 0.500. The van der Waals surface area contributed by atoms with Crippen molar-refractivity contribution in [3.8, 4) is 0 Å². The number of ether oxygens (including phenoxy) is 1. The SMILES string of the molecule is COCC(O)CCNC(=O)c1ccc(C(F)(F)F)nc1. The smallest absolute Gasteiger partial charge is 0.391 e. The van der Waals surface area contributed by atoms with E-state index in [1.807, 2.05) is 0 Å². The van der Waals surface area contributed by atoms with Gasteiger partial charge in [-0.3, -0.25) is 9.78 Å². The maximum atomic E-state index is 12.3. The van der Waals surface area contributed by atoms with Gasteiger partial charge in [-0.05, 0) is 18.6 Å². The molecule has 1 unspecified atom stereocenters. The molecule has 0 aliphatic carbocycles. The number of aliphatic hydroxyl groups is 1. The molecule has 1 aromatic heterocycles. The lowest BCUT2D eigenvalue weighted by Gasteiger charge is -2.10. The third-order valence-electron chi connectivity index (χ3n) is 2.44. The quantitative estimate of drug-likeness (QED) is 0.827. The van der Waals surface area contributed by atoms with Gasteiger partial charge in [-0.25, -0.2) is 0 Å². The molecule has 1 aromatic rings. The first kappa shape index (κ1) is 16.4. The molecular formula is C12H15F3N2O3. The van der Waals surface area contributed by atoms with Crippen LogP contribution in [0.1, 0.15) is 22.5 Å². The van der Waals surface area contributed by atoms with Gasteiger partial charge < -0.3 is 15.2 Å². The number of nitrogens with zero attached hydrogens (tertiary/aromatic N) is 1. The minimum Gasteiger partial charge on any atom is -0.391 e. The summed E-state index contributed by atoms with van der Waals surface area (Å²) in [6, 6.07) is 1.80. The van der Waals surface area contributed by atoms with Crippen LogP contribution in [0.2, 0.25) is 0 Å². The lowest BCUT2D eigenvalue weighted by atomic mass is 10.2. The zero-order chi connectivity index (χ0) is 15.2. The number of hydrogen-bond acceptors (Lipinski definition) is 4. The molecule has 5 nitrogen and oxygen atoms in total. The van der Waals surface area contributed by atoms with Gasteiger partial charge in [-0.15, -0.1) is 0 Å². The summed E-state index contributed by atoms with van der Waals surface area (Å²) >= 11 is 0. The monoisotopic (exact) mass is 292 g/mol. The predicted octanol–water partition coefficient (Wildman–Crippen LogP) is 1.23. The summed E-state index contributed by atoms with van der Waals surface area (Å²) in [6.45, 7) is 0.335. The summed E-state index contributed by atoms with van der Waals surface area (Å²) in [5, 5.41) is 11.8. The number of rotatable bonds is 6.